The van der Waals surface area contributed by atoms with Crippen molar-refractivity contribution >= 4 is 22.7 Å². The number of amides is 1. The van der Waals surface area contributed by atoms with Gasteiger partial charge in [-0.05, 0) is 13.8 Å². The lowest BCUT2D eigenvalue weighted by Gasteiger charge is -1.97. The molecule has 0 radical (unpaired) electrons. The molecule has 0 saturated carbocycles. The van der Waals surface area contributed by atoms with Gasteiger partial charge in [-0.1, -0.05) is 11.6 Å². The summed E-state index contributed by atoms with van der Waals surface area (Å²) in [5.41, 5.74) is 10.4. The quantitative estimate of drug-likeness (QED) is 0.468. The number of nitrogens with zero attached hydrogens (tertiary/aromatic N) is 1. The molecule has 0 fully saturated rings. The summed E-state index contributed by atoms with van der Waals surface area (Å²) in [6, 6.07) is 0. The Kier molecular flexibility index (Phi) is 3.60. The van der Waals surface area contributed by atoms with Gasteiger partial charge in [0, 0.05) is 0 Å². The first-order valence-corrected chi connectivity index (χ1v) is 3.30. The van der Waals surface area contributed by atoms with Crippen LogP contribution in [0, 0.1) is 0 Å². The molecule has 0 aromatic heterocycles. The zero-order chi connectivity index (χ0) is 9.02. The van der Waals surface area contributed by atoms with Crippen molar-refractivity contribution in [2.24, 2.45) is 16.5 Å². The van der Waals surface area contributed by atoms with Gasteiger partial charge in [0.2, 0.25) is 0 Å². The SMILES string of the molecule is CC(Cl)=N/C(C)=C(/N)C(N)=O. The number of hydrogen-bond acceptors (Lipinski definition) is 3. The van der Waals surface area contributed by atoms with Crippen molar-refractivity contribution in [3.05, 3.63) is 11.4 Å². The first-order valence-electron chi connectivity index (χ1n) is 2.92. The molecule has 1 amide bonds. The van der Waals surface area contributed by atoms with E-state index < -0.39 is 5.91 Å². The lowest BCUT2D eigenvalue weighted by molar-refractivity contribution is -0.114. The molecule has 0 saturated heterocycles. The number of halogens is 1. The van der Waals surface area contributed by atoms with E-state index in [0.29, 0.717) is 10.9 Å². The monoisotopic (exact) mass is 175 g/mol. The fraction of sp³-hybridized carbons (Fsp3) is 0.333. The second-order valence-corrected chi connectivity index (χ2v) is 2.52. The van der Waals surface area contributed by atoms with Crippen LogP contribution < -0.4 is 11.5 Å². The molecule has 11 heavy (non-hydrogen) atoms. The molecule has 0 aromatic rings. The fourth-order valence-electron chi connectivity index (χ4n) is 0.470. The van der Waals surface area contributed by atoms with Crippen LogP contribution in [-0.4, -0.2) is 11.1 Å². The number of nitrogens with two attached hydrogens (primary N) is 2. The van der Waals surface area contributed by atoms with Crippen molar-refractivity contribution in [3.8, 4) is 0 Å². The van der Waals surface area contributed by atoms with Crippen LogP contribution in [0.1, 0.15) is 13.8 Å². The summed E-state index contributed by atoms with van der Waals surface area (Å²) in [6.45, 7) is 3.14. The van der Waals surface area contributed by atoms with Crippen LogP contribution in [0.2, 0.25) is 0 Å². The number of hydrogen-bond donors (Lipinski definition) is 2. The second-order valence-electron chi connectivity index (χ2n) is 1.97. The van der Waals surface area contributed by atoms with Crippen LogP contribution >= 0.6 is 11.6 Å². The number of primary amides is 1. The summed E-state index contributed by atoms with van der Waals surface area (Å²) in [6.07, 6.45) is 0. The molecule has 62 valence electrons. The zero-order valence-corrected chi connectivity index (χ0v) is 7.14. The van der Waals surface area contributed by atoms with Crippen molar-refractivity contribution < 1.29 is 4.79 Å². The van der Waals surface area contributed by atoms with Gasteiger partial charge in [0.05, 0.1) is 5.70 Å². The third-order valence-electron chi connectivity index (χ3n) is 0.977. The van der Waals surface area contributed by atoms with Crippen molar-refractivity contribution in [1.82, 2.24) is 0 Å². The maximum atomic E-state index is 10.4. The molecule has 0 bridgehead atoms. The highest BCUT2D eigenvalue weighted by Crippen LogP contribution is 2.00. The smallest absolute Gasteiger partial charge is 0.266 e. The Morgan fingerprint density at radius 3 is 2.09 bits per heavy atom. The molecule has 0 spiro atoms. The van der Waals surface area contributed by atoms with E-state index in [1.54, 1.807) is 13.8 Å². The van der Waals surface area contributed by atoms with Crippen LogP contribution in [0.4, 0.5) is 0 Å². The predicted molar refractivity (Wildman–Crippen MR) is 45.0 cm³/mol. The van der Waals surface area contributed by atoms with E-state index in [1.165, 1.54) is 0 Å². The van der Waals surface area contributed by atoms with Gasteiger partial charge in [0.25, 0.3) is 5.91 Å². The predicted octanol–water partition coefficient (Wildman–Crippen LogP) is 0.319. The lowest BCUT2D eigenvalue weighted by Crippen LogP contribution is -2.21. The lowest BCUT2D eigenvalue weighted by atomic mass is 10.3. The van der Waals surface area contributed by atoms with E-state index in [1.807, 2.05) is 0 Å². The standard InChI is InChI=1S/C6H10ClN3O/c1-3(10-4(2)7)5(8)6(9)11/h8H2,1-2H3,(H2,9,11)/b5-3+,10-4?. The molecule has 0 heterocycles. The minimum absolute atomic E-state index is 0.0648. The maximum Gasteiger partial charge on any atom is 0.266 e. The summed E-state index contributed by atoms with van der Waals surface area (Å²) in [5, 5.41) is 0.312. The van der Waals surface area contributed by atoms with Gasteiger partial charge in [-0.2, -0.15) is 0 Å². The van der Waals surface area contributed by atoms with Gasteiger partial charge in [0.15, 0.2) is 0 Å². The molecule has 0 rings (SSSR count). The van der Waals surface area contributed by atoms with Gasteiger partial charge in [-0.25, -0.2) is 4.99 Å². The minimum Gasteiger partial charge on any atom is -0.393 e. The normalized spacial score (nSPS) is 14.3. The van der Waals surface area contributed by atoms with Gasteiger partial charge < -0.3 is 11.5 Å². The van der Waals surface area contributed by atoms with Gasteiger partial charge in [-0.3, -0.25) is 4.79 Å². The average molecular weight is 176 g/mol. The molecule has 0 atom stereocenters. The molecule has 0 aliphatic carbocycles. The number of rotatable bonds is 2. The largest absolute Gasteiger partial charge is 0.393 e. The third kappa shape index (κ3) is 3.62. The van der Waals surface area contributed by atoms with Crippen LogP contribution in [0.15, 0.2) is 16.4 Å². The number of aliphatic imine (C=N–C) groups is 1. The maximum absolute atomic E-state index is 10.4. The highest BCUT2D eigenvalue weighted by molar-refractivity contribution is 6.64. The number of carbonyl (C=O) groups excluding carboxylic acids is 1. The molecule has 0 aromatic carbocycles. The molecule has 4 N–H and O–H groups in total. The van der Waals surface area contributed by atoms with Crippen molar-refractivity contribution in [2.75, 3.05) is 0 Å². The molecule has 4 nitrogen and oxygen atoms in total. The van der Waals surface area contributed by atoms with E-state index >= 15 is 0 Å². The second kappa shape index (κ2) is 3.98. The molecular formula is C6H10ClN3O. The van der Waals surface area contributed by atoms with Crippen molar-refractivity contribution in [2.45, 2.75) is 13.8 Å². The minimum atomic E-state index is -0.691. The average Bonchev–Trinajstić information content (AvgIpc) is 1.84. The Labute approximate surface area is 69.9 Å². The van der Waals surface area contributed by atoms with E-state index in [0.717, 1.165) is 0 Å². The summed E-state index contributed by atoms with van der Waals surface area (Å²) < 4.78 is 0. The zero-order valence-electron chi connectivity index (χ0n) is 6.39. The highest BCUT2D eigenvalue weighted by atomic mass is 35.5. The van der Waals surface area contributed by atoms with Gasteiger partial charge in [-0.15, -0.1) is 0 Å². The van der Waals surface area contributed by atoms with E-state index in [9.17, 15) is 4.79 Å². The van der Waals surface area contributed by atoms with Gasteiger partial charge in [0.1, 0.15) is 10.9 Å². The van der Waals surface area contributed by atoms with Crippen LogP contribution in [0.25, 0.3) is 0 Å². The fourth-order valence-corrected chi connectivity index (χ4v) is 0.596. The molecule has 5 heteroatoms. The molecule has 0 unspecified atom stereocenters. The Morgan fingerprint density at radius 1 is 1.36 bits per heavy atom. The molecule has 0 aliphatic rings. The summed E-state index contributed by atoms with van der Waals surface area (Å²) >= 11 is 5.43. The Morgan fingerprint density at radius 2 is 1.82 bits per heavy atom. The van der Waals surface area contributed by atoms with Crippen LogP contribution in [0.5, 0.6) is 0 Å². The molecular weight excluding hydrogens is 166 g/mol. The first-order chi connectivity index (χ1) is 4.95. The van der Waals surface area contributed by atoms with Crippen LogP contribution in [0.3, 0.4) is 0 Å². The first kappa shape index (κ1) is 9.97. The molecule has 0 aliphatic heterocycles. The van der Waals surface area contributed by atoms with Gasteiger partial charge >= 0.3 is 0 Å². The topological polar surface area (TPSA) is 81.5 Å². The Bertz CT molecular complexity index is 228. The number of carbonyl (C=O) groups is 1. The Hall–Kier alpha value is -1.03. The highest BCUT2D eigenvalue weighted by Gasteiger charge is 2.02. The summed E-state index contributed by atoms with van der Waals surface area (Å²) in [5.74, 6) is -0.691. The van der Waals surface area contributed by atoms with Crippen molar-refractivity contribution in [1.29, 1.82) is 0 Å². The van der Waals surface area contributed by atoms with Crippen LogP contribution in [-0.2, 0) is 4.79 Å². The third-order valence-corrected chi connectivity index (χ3v) is 1.06. The number of allylic oxidation sites excluding steroid dienone is 1. The summed E-state index contributed by atoms with van der Waals surface area (Å²) in [4.78, 5) is 14.2. The summed E-state index contributed by atoms with van der Waals surface area (Å²) in [7, 11) is 0. The van der Waals surface area contributed by atoms with E-state index in [2.05, 4.69) is 4.99 Å². The van der Waals surface area contributed by atoms with Crippen molar-refractivity contribution in [3.63, 3.8) is 0 Å². The Balaban J connectivity index is 4.68. The van der Waals surface area contributed by atoms with E-state index in [-0.39, 0.29) is 5.70 Å². The van der Waals surface area contributed by atoms with E-state index in [4.69, 9.17) is 23.1 Å².